The first-order valence-corrected chi connectivity index (χ1v) is 11.9. The maximum absolute atomic E-state index is 6.54. The summed E-state index contributed by atoms with van der Waals surface area (Å²) >= 11 is 0. The largest absolute Gasteiger partial charge is 0.487 e. The van der Waals surface area contributed by atoms with Crippen LogP contribution in [0.1, 0.15) is 84.6 Å². The van der Waals surface area contributed by atoms with Crippen molar-refractivity contribution in [3.05, 3.63) is 48.2 Å². The van der Waals surface area contributed by atoms with E-state index < -0.39 is 0 Å². The molecular formula is C27H39NO2. The molecule has 30 heavy (non-hydrogen) atoms. The van der Waals surface area contributed by atoms with Crippen molar-refractivity contribution >= 4 is 0 Å². The van der Waals surface area contributed by atoms with Gasteiger partial charge in [0.05, 0.1) is 0 Å². The smallest absolute Gasteiger partial charge is 0.219 e. The summed E-state index contributed by atoms with van der Waals surface area (Å²) in [6.07, 6.45) is 13.0. The van der Waals surface area contributed by atoms with Gasteiger partial charge in [-0.05, 0) is 73.8 Å². The van der Waals surface area contributed by atoms with Crippen molar-refractivity contribution in [2.75, 3.05) is 0 Å². The lowest BCUT2D eigenvalue weighted by Crippen LogP contribution is -2.39. The first-order chi connectivity index (χ1) is 14.5. The molecule has 0 N–H and O–H groups in total. The molecule has 1 aromatic carbocycles. The zero-order valence-electron chi connectivity index (χ0n) is 19.3. The molecule has 1 unspecified atom stereocenters. The Kier molecular flexibility index (Phi) is 8.18. The van der Waals surface area contributed by atoms with E-state index >= 15 is 0 Å². The van der Waals surface area contributed by atoms with Crippen molar-refractivity contribution in [2.45, 2.75) is 91.1 Å². The molecule has 0 radical (unpaired) electrons. The van der Waals surface area contributed by atoms with Crippen LogP contribution in [-0.4, -0.2) is 10.6 Å². The molecule has 3 nitrogen and oxygen atoms in total. The Bertz CT molecular complexity index is 770. The topological polar surface area (TPSA) is 31.4 Å². The van der Waals surface area contributed by atoms with Gasteiger partial charge in [-0.2, -0.15) is 0 Å². The van der Waals surface area contributed by atoms with Gasteiger partial charge in [0.15, 0.2) is 0 Å². The number of ether oxygens (including phenoxy) is 2. The van der Waals surface area contributed by atoms with Gasteiger partial charge in [0.25, 0.3) is 0 Å². The van der Waals surface area contributed by atoms with E-state index in [1.54, 1.807) is 6.20 Å². The Labute approximate surface area is 183 Å². The SMILES string of the molecule is CC1CCC1.CCCC1(CCC(C)C)CCc2cc(Oc3ccccn3)ccc2O1. The van der Waals surface area contributed by atoms with E-state index in [1.807, 2.05) is 24.3 Å². The molecule has 3 heteroatoms. The summed E-state index contributed by atoms with van der Waals surface area (Å²) in [6, 6.07) is 11.8. The lowest BCUT2D eigenvalue weighted by Gasteiger charge is -2.39. The van der Waals surface area contributed by atoms with E-state index in [1.165, 1.54) is 31.2 Å². The molecular weight excluding hydrogens is 370 g/mol. The predicted molar refractivity (Wildman–Crippen MR) is 124 cm³/mol. The zero-order valence-corrected chi connectivity index (χ0v) is 19.3. The first kappa shape index (κ1) is 22.7. The molecule has 1 fully saturated rings. The van der Waals surface area contributed by atoms with Gasteiger partial charge in [-0.25, -0.2) is 4.98 Å². The van der Waals surface area contributed by atoms with Gasteiger partial charge in [0.2, 0.25) is 5.88 Å². The minimum absolute atomic E-state index is 0.00930. The number of fused-ring (bicyclic) bond motifs is 1. The quantitative estimate of drug-likeness (QED) is 0.464. The Balaban J connectivity index is 0.000000448. The van der Waals surface area contributed by atoms with E-state index in [0.29, 0.717) is 11.8 Å². The molecule has 1 atom stereocenters. The fourth-order valence-electron chi connectivity index (χ4n) is 4.19. The van der Waals surface area contributed by atoms with Gasteiger partial charge in [0, 0.05) is 12.3 Å². The minimum Gasteiger partial charge on any atom is -0.487 e. The van der Waals surface area contributed by atoms with Gasteiger partial charge in [0.1, 0.15) is 17.1 Å². The van der Waals surface area contributed by atoms with Crippen LogP contribution in [-0.2, 0) is 6.42 Å². The van der Waals surface area contributed by atoms with Crippen LogP contribution in [0, 0.1) is 11.8 Å². The molecule has 1 aliphatic heterocycles. The highest BCUT2D eigenvalue weighted by Crippen LogP contribution is 2.41. The van der Waals surface area contributed by atoms with Crippen LogP contribution in [0.4, 0.5) is 0 Å². The normalized spacial score (nSPS) is 20.4. The zero-order chi connectivity index (χ0) is 21.4. The third-order valence-corrected chi connectivity index (χ3v) is 6.35. The van der Waals surface area contributed by atoms with E-state index in [-0.39, 0.29) is 5.60 Å². The molecule has 2 aromatic rings. The second-order valence-corrected chi connectivity index (χ2v) is 9.54. The summed E-state index contributed by atoms with van der Waals surface area (Å²) in [7, 11) is 0. The number of rotatable bonds is 7. The maximum atomic E-state index is 6.54. The van der Waals surface area contributed by atoms with Crippen LogP contribution in [0.5, 0.6) is 17.4 Å². The molecule has 0 spiro atoms. The predicted octanol–water partition coefficient (Wildman–Crippen LogP) is 7.98. The van der Waals surface area contributed by atoms with Crippen LogP contribution < -0.4 is 9.47 Å². The highest BCUT2D eigenvalue weighted by Gasteiger charge is 2.35. The second-order valence-electron chi connectivity index (χ2n) is 9.54. The fraction of sp³-hybridized carbons (Fsp3) is 0.593. The number of aromatic nitrogens is 1. The van der Waals surface area contributed by atoms with E-state index in [0.717, 1.165) is 49.5 Å². The van der Waals surface area contributed by atoms with Crippen LogP contribution in [0.15, 0.2) is 42.6 Å². The van der Waals surface area contributed by atoms with Gasteiger partial charge in [-0.1, -0.05) is 59.4 Å². The molecule has 1 aliphatic carbocycles. The molecule has 1 saturated carbocycles. The van der Waals surface area contributed by atoms with E-state index in [2.05, 4.69) is 44.8 Å². The van der Waals surface area contributed by atoms with Crippen LogP contribution in [0.3, 0.4) is 0 Å². The first-order valence-electron chi connectivity index (χ1n) is 11.9. The molecule has 0 bridgehead atoms. The van der Waals surface area contributed by atoms with Crippen molar-refractivity contribution in [1.82, 2.24) is 4.98 Å². The fourth-order valence-corrected chi connectivity index (χ4v) is 4.19. The highest BCUT2D eigenvalue weighted by molar-refractivity contribution is 5.43. The minimum atomic E-state index is 0.00930. The lowest BCUT2D eigenvalue weighted by molar-refractivity contribution is 0.0233. The molecule has 0 saturated heterocycles. The third kappa shape index (κ3) is 6.48. The summed E-state index contributed by atoms with van der Waals surface area (Å²) in [6.45, 7) is 9.14. The van der Waals surface area contributed by atoms with Crippen molar-refractivity contribution in [3.8, 4) is 17.4 Å². The number of benzene rings is 1. The summed E-state index contributed by atoms with van der Waals surface area (Å²) in [5, 5.41) is 0. The van der Waals surface area contributed by atoms with Crippen molar-refractivity contribution in [2.24, 2.45) is 11.8 Å². The Morgan fingerprint density at radius 3 is 2.57 bits per heavy atom. The van der Waals surface area contributed by atoms with Crippen LogP contribution >= 0.6 is 0 Å². The van der Waals surface area contributed by atoms with Gasteiger partial charge in [-0.3, -0.25) is 0 Å². The number of nitrogens with zero attached hydrogens (tertiary/aromatic N) is 1. The van der Waals surface area contributed by atoms with Crippen molar-refractivity contribution in [3.63, 3.8) is 0 Å². The summed E-state index contributed by atoms with van der Waals surface area (Å²) < 4.78 is 12.4. The Morgan fingerprint density at radius 2 is 1.97 bits per heavy atom. The number of pyridine rings is 1. The number of hydrogen-bond donors (Lipinski definition) is 0. The van der Waals surface area contributed by atoms with E-state index in [9.17, 15) is 0 Å². The third-order valence-electron chi connectivity index (χ3n) is 6.35. The molecule has 0 amide bonds. The maximum Gasteiger partial charge on any atom is 0.219 e. The molecule has 1 aromatic heterocycles. The Hall–Kier alpha value is -2.03. The Morgan fingerprint density at radius 1 is 1.17 bits per heavy atom. The monoisotopic (exact) mass is 409 g/mol. The summed E-state index contributed by atoms with van der Waals surface area (Å²) in [5.41, 5.74) is 1.25. The standard InChI is InChI=1S/C22H29NO2.C5H10/c1-4-12-22(13-10-17(2)3)14-11-18-16-19(8-9-20(18)25-22)24-21-7-5-6-15-23-21;1-5-3-2-4-5/h5-9,15-17H,4,10-14H2,1-3H3;5H,2-4H2,1H3. The summed E-state index contributed by atoms with van der Waals surface area (Å²) in [5.74, 6) is 4.25. The van der Waals surface area contributed by atoms with Crippen molar-refractivity contribution in [1.29, 1.82) is 0 Å². The molecule has 2 aliphatic rings. The van der Waals surface area contributed by atoms with Crippen molar-refractivity contribution < 1.29 is 9.47 Å². The average Bonchev–Trinajstić information content (AvgIpc) is 2.72. The van der Waals surface area contributed by atoms with Crippen LogP contribution in [0.25, 0.3) is 0 Å². The molecule has 2 heterocycles. The van der Waals surface area contributed by atoms with Gasteiger partial charge in [-0.15, -0.1) is 0 Å². The van der Waals surface area contributed by atoms with E-state index in [4.69, 9.17) is 9.47 Å². The second kappa shape index (κ2) is 10.8. The van der Waals surface area contributed by atoms with Gasteiger partial charge < -0.3 is 9.47 Å². The summed E-state index contributed by atoms with van der Waals surface area (Å²) in [4.78, 5) is 4.22. The van der Waals surface area contributed by atoms with Crippen LogP contribution in [0.2, 0.25) is 0 Å². The average molecular weight is 410 g/mol. The lowest BCUT2D eigenvalue weighted by atomic mass is 9.82. The molecule has 4 rings (SSSR count). The number of hydrogen-bond acceptors (Lipinski definition) is 3. The molecule has 164 valence electrons. The highest BCUT2D eigenvalue weighted by atomic mass is 16.5. The number of aryl methyl sites for hydroxylation is 1. The van der Waals surface area contributed by atoms with Gasteiger partial charge >= 0.3 is 0 Å².